The van der Waals surface area contributed by atoms with Crippen LogP contribution in [-0.4, -0.2) is 22.8 Å². The van der Waals surface area contributed by atoms with Crippen LogP contribution in [-0.2, 0) is 4.79 Å². The maximum Gasteiger partial charge on any atom is 0.262 e. The lowest BCUT2D eigenvalue weighted by atomic mass is 10.0. The first kappa shape index (κ1) is 14.0. The molecule has 0 saturated heterocycles. The van der Waals surface area contributed by atoms with E-state index < -0.39 is 5.66 Å². The molecule has 0 aliphatic carbocycles. The number of nitrogens with zero attached hydrogens (tertiary/aromatic N) is 1. The second-order valence-electron chi connectivity index (χ2n) is 4.79. The summed E-state index contributed by atoms with van der Waals surface area (Å²) in [6.07, 6.45) is 3.01. The van der Waals surface area contributed by atoms with Crippen molar-refractivity contribution >= 4 is 23.6 Å². The van der Waals surface area contributed by atoms with E-state index in [0.29, 0.717) is 35.2 Å². The van der Waals surface area contributed by atoms with E-state index in [-0.39, 0.29) is 12.3 Å². The van der Waals surface area contributed by atoms with Crippen LogP contribution in [0.1, 0.15) is 28.8 Å². The van der Waals surface area contributed by atoms with Crippen LogP contribution in [0.25, 0.3) is 5.70 Å². The first-order chi connectivity index (χ1) is 9.46. The van der Waals surface area contributed by atoms with Crippen molar-refractivity contribution in [2.24, 2.45) is 5.73 Å². The molecule has 0 spiro atoms. The number of nitrogen functional groups attached to an aromatic ring is 1. The zero-order valence-corrected chi connectivity index (χ0v) is 11.1. The zero-order valence-electron chi connectivity index (χ0n) is 11.1. The summed E-state index contributed by atoms with van der Waals surface area (Å²) < 4.78 is 0. The molecule has 1 aromatic rings. The third-order valence-corrected chi connectivity index (χ3v) is 3.46. The number of benzene rings is 1. The van der Waals surface area contributed by atoms with Gasteiger partial charge in [-0.05, 0) is 18.9 Å². The molecule has 2 rings (SSSR count). The number of carbonyl (C=O) groups is 2. The van der Waals surface area contributed by atoms with Gasteiger partial charge in [0.2, 0.25) is 0 Å². The van der Waals surface area contributed by atoms with Crippen molar-refractivity contribution in [1.82, 2.24) is 4.90 Å². The van der Waals surface area contributed by atoms with Crippen LogP contribution >= 0.6 is 0 Å². The Morgan fingerprint density at radius 2 is 2.10 bits per heavy atom. The maximum atomic E-state index is 12.5. The van der Waals surface area contributed by atoms with Crippen LogP contribution in [0.5, 0.6) is 0 Å². The number of rotatable bonds is 5. The largest absolute Gasteiger partial charge is 0.398 e. The number of carbonyl (C=O) groups excluding carboxylic acids is 2. The lowest BCUT2D eigenvalue weighted by molar-refractivity contribution is -0.116. The van der Waals surface area contributed by atoms with Gasteiger partial charge < -0.3 is 11.5 Å². The molecule has 5 heteroatoms. The molecule has 104 valence electrons. The lowest BCUT2D eigenvalue weighted by Gasteiger charge is -2.34. The normalized spacial score (nSPS) is 16.8. The van der Waals surface area contributed by atoms with E-state index in [1.165, 1.54) is 4.90 Å². The van der Waals surface area contributed by atoms with Gasteiger partial charge in [-0.2, -0.15) is 0 Å². The van der Waals surface area contributed by atoms with Crippen molar-refractivity contribution in [3.63, 3.8) is 0 Å². The second kappa shape index (κ2) is 4.94. The molecule has 1 unspecified atom stereocenters. The highest BCUT2D eigenvalue weighted by Gasteiger charge is 2.44. The van der Waals surface area contributed by atoms with Crippen LogP contribution in [0.2, 0.25) is 0 Å². The smallest absolute Gasteiger partial charge is 0.262 e. The first-order valence-electron chi connectivity index (χ1n) is 6.24. The van der Waals surface area contributed by atoms with Crippen LogP contribution in [0.4, 0.5) is 5.69 Å². The van der Waals surface area contributed by atoms with E-state index in [1.54, 1.807) is 24.3 Å². The molecule has 20 heavy (non-hydrogen) atoms. The average molecular weight is 271 g/mol. The Balaban J connectivity index is 2.48. The van der Waals surface area contributed by atoms with Gasteiger partial charge in [-0.15, -0.1) is 6.58 Å². The second-order valence-corrected chi connectivity index (χ2v) is 4.79. The van der Waals surface area contributed by atoms with Gasteiger partial charge in [0, 0.05) is 16.9 Å². The van der Waals surface area contributed by atoms with Gasteiger partial charge in [-0.1, -0.05) is 24.8 Å². The van der Waals surface area contributed by atoms with E-state index in [0.717, 1.165) is 0 Å². The maximum absolute atomic E-state index is 12.5. The number of anilines is 1. The number of aldehydes is 1. The van der Waals surface area contributed by atoms with Crippen molar-refractivity contribution in [3.8, 4) is 0 Å². The minimum atomic E-state index is -1.44. The summed E-state index contributed by atoms with van der Waals surface area (Å²) in [7, 11) is 0. The molecule has 1 heterocycles. The molecule has 0 aromatic heterocycles. The quantitative estimate of drug-likeness (QED) is 0.482. The van der Waals surface area contributed by atoms with Gasteiger partial charge in [-0.25, -0.2) is 0 Å². The summed E-state index contributed by atoms with van der Waals surface area (Å²) in [4.78, 5) is 25.2. The third kappa shape index (κ3) is 1.92. The minimum absolute atomic E-state index is 0.276. The van der Waals surface area contributed by atoms with Gasteiger partial charge in [0.05, 0.1) is 5.56 Å². The Labute approximate surface area is 117 Å². The highest BCUT2D eigenvalue weighted by atomic mass is 16.2. The van der Waals surface area contributed by atoms with Crippen molar-refractivity contribution in [2.75, 3.05) is 5.73 Å². The molecule has 1 aliphatic rings. The fourth-order valence-electron chi connectivity index (χ4n) is 2.40. The SMILES string of the molecule is C=CCCC(N)(C=O)N1C(=C)c2cccc(N)c2C1=O. The molecule has 1 amide bonds. The Morgan fingerprint density at radius 3 is 2.65 bits per heavy atom. The van der Waals surface area contributed by atoms with Gasteiger partial charge in [-0.3, -0.25) is 14.5 Å². The standard InChI is InChI=1S/C15H17N3O2/c1-3-4-8-15(17,9-19)18-10(2)11-6-5-7-12(16)13(11)14(18)20/h3,5-7,9H,1-2,4,8,16-17H2. The molecule has 1 atom stereocenters. The van der Waals surface area contributed by atoms with E-state index in [1.807, 2.05) is 0 Å². The number of allylic oxidation sites excluding steroid dienone is 1. The Morgan fingerprint density at radius 1 is 1.40 bits per heavy atom. The Bertz CT molecular complexity index is 609. The van der Waals surface area contributed by atoms with E-state index in [2.05, 4.69) is 13.2 Å². The number of nitrogens with two attached hydrogens (primary N) is 2. The van der Waals surface area contributed by atoms with Crippen molar-refractivity contribution < 1.29 is 9.59 Å². The number of fused-ring (bicyclic) bond motifs is 1. The van der Waals surface area contributed by atoms with Gasteiger partial charge in [0.25, 0.3) is 5.91 Å². The summed E-state index contributed by atoms with van der Waals surface area (Å²) >= 11 is 0. The van der Waals surface area contributed by atoms with E-state index >= 15 is 0 Å². The molecule has 4 N–H and O–H groups in total. The molecule has 0 radical (unpaired) electrons. The molecule has 0 saturated carbocycles. The van der Waals surface area contributed by atoms with Crippen molar-refractivity contribution in [2.45, 2.75) is 18.5 Å². The molecule has 1 aromatic carbocycles. The summed E-state index contributed by atoms with van der Waals surface area (Å²) in [6.45, 7) is 7.47. The predicted molar refractivity (Wildman–Crippen MR) is 78.5 cm³/mol. The highest BCUT2D eigenvalue weighted by molar-refractivity contribution is 6.13. The molecular formula is C15H17N3O2. The first-order valence-corrected chi connectivity index (χ1v) is 6.24. The lowest BCUT2D eigenvalue weighted by Crippen LogP contribution is -2.56. The van der Waals surface area contributed by atoms with Crippen LogP contribution in [0.3, 0.4) is 0 Å². The Kier molecular flexibility index (Phi) is 3.46. The number of hydrogen-bond acceptors (Lipinski definition) is 4. The van der Waals surface area contributed by atoms with Gasteiger partial charge in [0.15, 0.2) is 11.9 Å². The van der Waals surface area contributed by atoms with Gasteiger partial charge in [0.1, 0.15) is 0 Å². The zero-order chi connectivity index (χ0) is 14.9. The predicted octanol–water partition coefficient (Wildman–Crippen LogP) is 1.52. The molecule has 1 aliphatic heterocycles. The molecule has 0 fully saturated rings. The van der Waals surface area contributed by atoms with Crippen LogP contribution in [0.15, 0.2) is 37.4 Å². The molecular weight excluding hydrogens is 254 g/mol. The molecule has 0 bridgehead atoms. The third-order valence-electron chi connectivity index (χ3n) is 3.46. The average Bonchev–Trinajstić information content (AvgIpc) is 2.70. The van der Waals surface area contributed by atoms with E-state index in [4.69, 9.17) is 11.5 Å². The minimum Gasteiger partial charge on any atom is -0.398 e. The van der Waals surface area contributed by atoms with Crippen molar-refractivity contribution in [3.05, 3.63) is 48.6 Å². The number of amides is 1. The summed E-state index contributed by atoms with van der Waals surface area (Å²) in [5, 5.41) is 0. The van der Waals surface area contributed by atoms with Gasteiger partial charge >= 0.3 is 0 Å². The van der Waals surface area contributed by atoms with E-state index in [9.17, 15) is 9.59 Å². The summed E-state index contributed by atoms with van der Waals surface area (Å²) in [6, 6.07) is 5.11. The topological polar surface area (TPSA) is 89.4 Å². The fraction of sp³-hybridized carbons (Fsp3) is 0.200. The fourth-order valence-corrected chi connectivity index (χ4v) is 2.40. The number of hydrogen-bond donors (Lipinski definition) is 2. The summed E-state index contributed by atoms with van der Waals surface area (Å²) in [5.74, 6) is -0.387. The van der Waals surface area contributed by atoms with Crippen LogP contribution < -0.4 is 11.5 Å². The Hall–Kier alpha value is -2.40. The highest BCUT2D eigenvalue weighted by Crippen LogP contribution is 2.38. The monoisotopic (exact) mass is 271 g/mol. The van der Waals surface area contributed by atoms with Crippen molar-refractivity contribution in [1.29, 1.82) is 0 Å². The molecule has 5 nitrogen and oxygen atoms in total. The summed E-state index contributed by atoms with van der Waals surface area (Å²) in [5.41, 5.74) is 12.2. The van der Waals surface area contributed by atoms with Crippen LogP contribution in [0, 0.1) is 0 Å².